The van der Waals surface area contributed by atoms with Crippen molar-refractivity contribution in [3.63, 3.8) is 0 Å². The number of nitrogens with two attached hydrogens (primary N) is 1. The predicted molar refractivity (Wildman–Crippen MR) is 72.0 cm³/mol. The molecule has 0 radical (unpaired) electrons. The minimum atomic E-state index is -0.190. The number of ether oxygens (including phenoxy) is 1. The molecule has 5 nitrogen and oxygen atoms in total. The SMILES string of the molecule is CCNc1sc(C(=O)NC)c(N)c1OC(C)C. The molecule has 4 N–H and O–H groups in total. The molecule has 0 aliphatic heterocycles. The molecule has 96 valence electrons. The summed E-state index contributed by atoms with van der Waals surface area (Å²) in [5, 5.41) is 6.52. The van der Waals surface area contributed by atoms with E-state index >= 15 is 0 Å². The molecule has 6 heteroatoms. The third-order valence-corrected chi connectivity index (χ3v) is 3.17. The second kappa shape index (κ2) is 5.77. The van der Waals surface area contributed by atoms with E-state index in [-0.39, 0.29) is 12.0 Å². The van der Waals surface area contributed by atoms with E-state index in [4.69, 9.17) is 10.5 Å². The standard InChI is InChI=1S/C11H19N3O2S/c1-5-14-11-8(16-6(2)3)7(12)9(17-11)10(15)13-4/h6,14H,5,12H2,1-4H3,(H,13,15). The monoisotopic (exact) mass is 257 g/mol. The molecule has 0 saturated heterocycles. The van der Waals surface area contributed by atoms with Gasteiger partial charge in [0, 0.05) is 13.6 Å². The first-order chi connectivity index (χ1) is 8.01. The van der Waals surface area contributed by atoms with E-state index in [1.807, 2.05) is 20.8 Å². The quantitative estimate of drug-likeness (QED) is 0.753. The number of anilines is 2. The number of rotatable bonds is 5. The van der Waals surface area contributed by atoms with Crippen molar-refractivity contribution in [1.29, 1.82) is 0 Å². The summed E-state index contributed by atoms with van der Waals surface area (Å²) < 4.78 is 5.65. The Morgan fingerprint density at radius 2 is 2.18 bits per heavy atom. The maximum atomic E-state index is 11.6. The van der Waals surface area contributed by atoms with Gasteiger partial charge in [0.1, 0.15) is 15.6 Å². The summed E-state index contributed by atoms with van der Waals surface area (Å²) in [5.41, 5.74) is 6.35. The summed E-state index contributed by atoms with van der Waals surface area (Å²) in [7, 11) is 1.58. The van der Waals surface area contributed by atoms with Crippen molar-refractivity contribution >= 4 is 27.9 Å². The third-order valence-electron chi connectivity index (χ3n) is 2.02. The van der Waals surface area contributed by atoms with Crippen LogP contribution in [0.1, 0.15) is 30.4 Å². The molecule has 0 unspecified atom stereocenters. The zero-order valence-corrected chi connectivity index (χ0v) is 11.4. The van der Waals surface area contributed by atoms with Gasteiger partial charge in [-0.2, -0.15) is 0 Å². The molecule has 0 bridgehead atoms. The zero-order valence-electron chi connectivity index (χ0n) is 10.6. The highest BCUT2D eigenvalue weighted by atomic mass is 32.1. The highest BCUT2D eigenvalue weighted by Crippen LogP contribution is 2.43. The van der Waals surface area contributed by atoms with Crippen LogP contribution >= 0.6 is 11.3 Å². The van der Waals surface area contributed by atoms with Crippen molar-refractivity contribution in [2.45, 2.75) is 26.9 Å². The molecule has 0 aromatic carbocycles. The molecule has 0 saturated carbocycles. The summed E-state index contributed by atoms with van der Waals surface area (Å²) >= 11 is 1.31. The van der Waals surface area contributed by atoms with Crippen LogP contribution < -0.4 is 21.1 Å². The smallest absolute Gasteiger partial charge is 0.263 e. The average Bonchev–Trinajstić information content (AvgIpc) is 2.57. The summed E-state index contributed by atoms with van der Waals surface area (Å²) in [4.78, 5) is 12.1. The minimum Gasteiger partial charge on any atom is -0.486 e. The molecule has 0 atom stereocenters. The Bertz CT molecular complexity index is 402. The Morgan fingerprint density at radius 3 is 2.65 bits per heavy atom. The molecule has 1 aromatic heterocycles. The van der Waals surface area contributed by atoms with Gasteiger partial charge < -0.3 is 21.1 Å². The van der Waals surface area contributed by atoms with Crippen LogP contribution in [0.25, 0.3) is 0 Å². The summed E-state index contributed by atoms with van der Waals surface area (Å²) in [6, 6.07) is 0. The minimum absolute atomic E-state index is 0.0156. The van der Waals surface area contributed by atoms with Crippen LogP contribution in [0.2, 0.25) is 0 Å². The lowest BCUT2D eigenvalue weighted by atomic mass is 10.3. The summed E-state index contributed by atoms with van der Waals surface area (Å²) in [6.45, 7) is 6.58. The van der Waals surface area contributed by atoms with Gasteiger partial charge in [-0.15, -0.1) is 11.3 Å². The fourth-order valence-corrected chi connectivity index (χ4v) is 2.41. The fourth-order valence-electron chi connectivity index (χ4n) is 1.34. The molecule has 1 heterocycles. The average molecular weight is 257 g/mol. The molecule has 0 aliphatic rings. The van der Waals surface area contributed by atoms with Gasteiger partial charge in [-0.05, 0) is 20.8 Å². The van der Waals surface area contributed by atoms with E-state index in [2.05, 4.69) is 10.6 Å². The van der Waals surface area contributed by atoms with Crippen LogP contribution in [0.5, 0.6) is 5.75 Å². The lowest BCUT2D eigenvalue weighted by molar-refractivity contribution is 0.0967. The Kier molecular flexibility index (Phi) is 4.62. The van der Waals surface area contributed by atoms with Crippen LogP contribution in [-0.2, 0) is 0 Å². The van der Waals surface area contributed by atoms with Crippen molar-refractivity contribution < 1.29 is 9.53 Å². The van der Waals surface area contributed by atoms with Gasteiger partial charge in [0.25, 0.3) is 5.91 Å². The van der Waals surface area contributed by atoms with Gasteiger partial charge in [-0.3, -0.25) is 4.79 Å². The number of carbonyl (C=O) groups excluding carboxylic acids is 1. The third kappa shape index (κ3) is 3.03. The maximum absolute atomic E-state index is 11.6. The van der Waals surface area contributed by atoms with E-state index in [9.17, 15) is 4.79 Å². The second-order valence-corrected chi connectivity index (χ2v) is 4.80. The highest BCUT2D eigenvalue weighted by molar-refractivity contribution is 7.19. The molecular formula is C11H19N3O2S. The van der Waals surface area contributed by atoms with Crippen LogP contribution in [-0.4, -0.2) is 25.6 Å². The van der Waals surface area contributed by atoms with Crippen molar-refractivity contribution in [1.82, 2.24) is 5.32 Å². The van der Waals surface area contributed by atoms with Gasteiger partial charge in [-0.25, -0.2) is 0 Å². The molecule has 17 heavy (non-hydrogen) atoms. The first kappa shape index (κ1) is 13.6. The lowest BCUT2D eigenvalue weighted by Crippen LogP contribution is -2.17. The number of hydrogen-bond donors (Lipinski definition) is 3. The number of thiophene rings is 1. The van der Waals surface area contributed by atoms with E-state index in [0.717, 1.165) is 11.5 Å². The topological polar surface area (TPSA) is 76.4 Å². The molecule has 1 aromatic rings. The molecule has 0 fully saturated rings. The van der Waals surface area contributed by atoms with Gasteiger partial charge in [0.15, 0.2) is 5.75 Å². The van der Waals surface area contributed by atoms with Crippen LogP contribution in [0.3, 0.4) is 0 Å². The normalized spacial score (nSPS) is 10.4. The Morgan fingerprint density at radius 1 is 1.53 bits per heavy atom. The molecule has 0 spiro atoms. The van der Waals surface area contributed by atoms with Crippen molar-refractivity contribution in [3.8, 4) is 5.75 Å². The number of amides is 1. The van der Waals surface area contributed by atoms with Crippen molar-refractivity contribution in [2.24, 2.45) is 0 Å². The summed E-state index contributed by atoms with van der Waals surface area (Å²) in [5.74, 6) is 0.385. The Labute approximate surface area is 105 Å². The van der Waals surface area contributed by atoms with Crippen molar-refractivity contribution in [3.05, 3.63) is 4.88 Å². The fraction of sp³-hybridized carbons (Fsp3) is 0.545. The van der Waals surface area contributed by atoms with Crippen LogP contribution in [0.15, 0.2) is 0 Å². The summed E-state index contributed by atoms with van der Waals surface area (Å²) in [6.07, 6.45) is 0.0156. The number of hydrogen-bond acceptors (Lipinski definition) is 5. The first-order valence-electron chi connectivity index (χ1n) is 5.56. The van der Waals surface area contributed by atoms with Crippen molar-refractivity contribution in [2.75, 3.05) is 24.6 Å². The molecule has 1 amide bonds. The number of nitrogen functional groups attached to an aromatic ring is 1. The zero-order chi connectivity index (χ0) is 13.0. The van der Waals surface area contributed by atoms with E-state index in [1.54, 1.807) is 7.05 Å². The molecule has 0 aliphatic carbocycles. The second-order valence-electron chi connectivity index (χ2n) is 3.78. The van der Waals surface area contributed by atoms with Gasteiger partial charge >= 0.3 is 0 Å². The number of nitrogens with one attached hydrogen (secondary N) is 2. The lowest BCUT2D eigenvalue weighted by Gasteiger charge is -2.11. The van der Waals surface area contributed by atoms with Gasteiger partial charge in [-0.1, -0.05) is 0 Å². The Hall–Kier alpha value is -1.43. The number of carbonyl (C=O) groups is 1. The van der Waals surface area contributed by atoms with E-state index in [0.29, 0.717) is 16.3 Å². The molecule has 1 rings (SSSR count). The molecular weight excluding hydrogens is 238 g/mol. The highest BCUT2D eigenvalue weighted by Gasteiger charge is 2.21. The van der Waals surface area contributed by atoms with Crippen LogP contribution in [0.4, 0.5) is 10.7 Å². The largest absolute Gasteiger partial charge is 0.486 e. The maximum Gasteiger partial charge on any atom is 0.263 e. The van der Waals surface area contributed by atoms with Crippen LogP contribution in [0, 0.1) is 0 Å². The Balaban J connectivity index is 3.15. The predicted octanol–water partition coefficient (Wildman–Crippen LogP) is 1.91. The first-order valence-corrected chi connectivity index (χ1v) is 6.37. The van der Waals surface area contributed by atoms with E-state index in [1.165, 1.54) is 11.3 Å². The van der Waals surface area contributed by atoms with E-state index < -0.39 is 0 Å². The van der Waals surface area contributed by atoms with Gasteiger partial charge in [0.05, 0.1) is 6.10 Å². The van der Waals surface area contributed by atoms with Gasteiger partial charge in [0.2, 0.25) is 0 Å².